The van der Waals surface area contributed by atoms with Crippen LogP contribution in [0.1, 0.15) is 5.56 Å². The molecule has 0 fully saturated rings. The molecule has 0 amide bonds. The predicted molar refractivity (Wildman–Crippen MR) is 65.6 cm³/mol. The lowest BCUT2D eigenvalue weighted by Crippen LogP contribution is -2.15. The normalized spacial score (nSPS) is 11.4. The van der Waals surface area contributed by atoms with E-state index in [9.17, 15) is 13.2 Å². The molecule has 0 aliphatic rings. The second-order valence-electron chi connectivity index (χ2n) is 3.78. The summed E-state index contributed by atoms with van der Waals surface area (Å²) >= 11 is 0. The van der Waals surface area contributed by atoms with Crippen molar-refractivity contribution in [3.8, 4) is 17.1 Å². The van der Waals surface area contributed by atoms with Crippen LogP contribution in [0.15, 0.2) is 18.3 Å². The van der Waals surface area contributed by atoms with Crippen LogP contribution in [0.4, 0.5) is 24.9 Å². The van der Waals surface area contributed by atoms with Gasteiger partial charge in [-0.2, -0.15) is 18.2 Å². The first-order valence-electron chi connectivity index (χ1n) is 5.33. The molecule has 0 unspecified atom stereocenters. The number of aromatic nitrogens is 3. The average molecular weight is 285 g/mol. The van der Waals surface area contributed by atoms with Gasteiger partial charge in [-0.15, -0.1) is 0 Å². The number of halogens is 3. The number of methoxy groups -OCH3 is 1. The summed E-state index contributed by atoms with van der Waals surface area (Å²) in [6, 6.07) is 2.78. The molecule has 0 saturated carbocycles. The van der Waals surface area contributed by atoms with E-state index in [2.05, 4.69) is 15.0 Å². The van der Waals surface area contributed by atoms with Gasteiger partial charge in [-0.1, -0.05) is 0 Å². The highest BCUT2D eigenvalue weighted by Gasteiger charge is 2.38. The number of rotatable bonds is 2. The van der Waals surface area contributed by atoms with Gasteiger partial charge in [-0.3, -0.25) is 0 Å². The summed E-state index contributed by atoms with van der Waals surface area (Å²) in [5.74, 6) is -0.811. The molecule has 20 heavy (non-hydrogen) atoms. The third kappa shape index (κ3) is 2.56. The van der Waals surface area contributed by atoms with Crippen LogP contribution in [-0.4, -0.2) is 22.1 Å². The number of nitrogens with two attached hydrogens (primary N) is 2. The molecule has 0 spiro atoms. The molecule has 2 rings (SSSR count). The van der Waals surface area contributed by atoms with E-state index in [1.54, 1.807) is 0 Å². The molecule has 2 heterocycles. The van der Waals surface area contributed by atoms with Gasteiger partial charge in [0.1, 0.15) is 11.4 Å². The van der Waals surface area contributed by atoms with Gasteiger partial charge in [0, 0.05) is 17.8 Å². The Kier molecular flexibility index (Phi) is 3.35. The Hall–Kier alpha value is -2.58. The summed E-state index contributed by atoms with van der Waals surface area (Å²) < 4.78 is 43.9. The van der Waals surface area contributed by atoms with Crippen LogP contribution in [0.25, 0.3) is 11.3 Å². The fourth-order valence-electron chi connectivity index (χ4n) is 1.63. The molecule has 2 aromatic heterocycles. The number of hydrogen-bond acceptors (Lipinski definition) is 6. The molecule has 2 aromatic rings. The van der Waals surface area contributed by atoms with Gasteiger partial charge < -0.3 is 16.2 Å². The molecule has 0 radical (unpaired) electrons. The van der Waals surface area contributed by atoms with Gasteiger partial charge in [0.2, 0.25) is 11.8 Å². The largest absolute Gasteiger partial charge is 0.481 e. The SMILES string of the molecule is COc1ccc(-c2nc(N)nc(N)c2C(F)(F)F)cn1. The Balaban J connectivity index is 2.65. The van der Waals surface area contributed by atoms with Gasteiger partial charge in [0.25, 0.3) is 0 Å². The van der Waals surface area contributed by atoms with E-state index in [1.165, 1.54) is 25.4 Å². The number of nitrogens with zero attached hydrogens (tertiary/aromatic N) is 3. The molecule has 0 aromatic carbocycles. The molecule has 0 atom stereocenters. The maximum Gasteiger partial charge on any atom is 0.422 e. The minimum absolute atomic E-state index is 0.110. The molecule has 6 nitrogen and oxygen atoms in total. The summed E-state index contributed by atoms with van der Waals surface area (Å²) in [4.78, 5) is 10.8. The van der Waals surface area contributed by atoms with Crippen molar-refractivity contribution in [2.24, 2.45) is 0 Å². The summed E-state index contributed by atoms with van der Waals surface area (Å²) in [7, 11) is 1.39. The van der Waals surface area contributed by atoms with Crippen molar-refractivity contribution in [2.75, 3.05) is 18.6 Å². The van der Waals surface area contributed by atoms with Crippen LogP contribution in [0, 0.1) is 0 Å². The monoisotopic (exact) mass is 285 g/mol. The molecular formula is C11H10F3N5O. The van der Waals surface area contributed by atoms with E-state index in [1.807, 2.05) is 0 Å². The van der Waals surface area contributed by atoms with Crippen molar-refractivity contribution >= 4 is 11.8 Å². The van der Waals surface area contributed by atoms with Crippen molar-refractivity contribution in [2.45, 2.75) is 6.18 Å². The number of anilines is 2. The van der Waals surface area contributed by atoms with Crippen molar-refractivity contribution in [1.82, 2.24) is 15.0 Å². The highest BCUT2D eigenvalue weighted by Crippen LogP contribution is 2.39. The molecule has 0 aliphatic heterocycles. The van der Waals surface area contributed by atoms with Crippen molar-refractivity contribution < 1.29 is 17.9 Å². The van der Waals surface area contributed by atoms with Crippen LogP contribution in [0.3, 0.4) is 0 Å². The zero-order valence-corrected chi connectivity index (χ0v) is 10.3. The zero-order valence-electron chi connectivity index (χ0n) is 10.3. The van der Waals surface area contributed by atoms with Gasteiger partial charge >= 0.3 is 6.18 Å². The zero-order chi connectivity index (χ0) is 14.9. The van der Waals surface area contributed by atoms with Crippen LogP contribution >= 0.6 is 0 Å². The lowest BCUT2D eigenvalue weighted by Gasteiger charge is -2.14. The fraction of sp³-hybridized carbons (Fsp3) is 0.182. The Morgan fingerprint density at radius 2 is 1.85 bits per heavy atom. The van der Waals surface area contributed by atoms with E-state index >= 15 is 0 Å². The Labute approximate surface area is 111 Å². The van der Waals surface area contributed by atoms with E-state index in [0.717, 1.165) is 0 Å². The fourth-order valence-corrected chi connectivity index (χ4v) is 1.63. The summed E-state index contributed by atoms with van der Waals surface area (Å²) in [5.41, 5.74) is 9.21. The van der Waals surface area contributed by atoms with Gasteiger partial charge in [0.05, 0.1) is 12.8 Å². The van der Waals surface area contributed by atoms with E-state index in [0.29, 0.717) is 0 Å². The predicted octanol–water partition coefficient (Wildman–Crippen LogP) is 1.73. The number of nitrogen functional groups attached to an aromatic ring is 2. The lowest BCUT2D eigenvalue weighted by atomic mass is 10.1. The third-order valence-electron chi connectivity index (χ3n) is 2.46. The van der Waals surface area contributed by atoms with E-state index in [4.69, 9.17) is 16.2 Å². The molecule has 4 N–H and O–H groups in total. The second kappa shape index (κ2) is 4.83. The second-order valence-corrected chi connectivity index (χ2v) is 3.78. The third-order valence-corrected chi connectivity index (χ3v) is 2.46. The van der Waals surface area contributed by atoms with Gasteiger partial charge in [-0.25, -0.2) is 9.97 Å². The molecule has 106 valence electrons. The summed E-state index contributed by atoms with van der Waals surface area (Å²) in [5, 5.41) is 0. The summed E-state index contributed by atoms with van der Waals surface area (Å²) in [6.07, 6.45) is -3.51. The first kappa shape index (κ1) is 13.8. The lowest BCUT2D eigenvalue weighted by molar-refractivity contribution is -0.136. The number of ether oxygens (including phenoxy) is 1. The quantitative estimate of drug-likeness (QED) is 0.871. The number of pyridine rings is 1. The minimum Gasteiger partial charge on any atom is -0.481 e. The number of hydrogen-bond donors (Lipinski definition) is 2. The van der Waals surface area contributed by atoms with Crippen molar-refractivity contribution in [3.63, 3.8) is 0 Å². The minimum atomic E-state index is -4.70. The van der Waals surface area contributed by atoms with E-state index < -0.39 is 23.3 Å². The molecule has 0 bridgehead atoms. The maximum atomic E-state index is 13.0. The first-order chi connectivity index (χ1) is 9.32. The average Bonchev–Trinajstić information content (AvgIpc) is 2.36. The highest BCUT2D eigenvalue weighted by molar-refractivity contribution is 5.69. The topological polar surface area (TPSA) is 99.9 Å². The Morgan fingerprint density at radius 1 is 1.15 bits per heavy atom. The van der Waals surface area contributed by atoms with E-state index in [-0.39, 0.29) is 17.4 Å². The number of alkyl halides is 3. The maximum absolute atomic E-state index is 13.0. The summed E-state index contributed by atoms with van der Waals surface area (Å²) in [6.45, 7) is 0. The van der Waals surface area contributed by atoms with Crippen LogP contribution in [-0.2, 0) is 6.18 Å². The first-order valence-corrected chi connectivity index (χ1v) is 5.33. The van der Waals surface area contributed by atoms with Crippen LogP contribution in [0.5, 0.6) is 5.88 Å². The van der Waals surface area contributed by atoms with Crippen LogP contribution in [0.2, 0.25) is 0 Å². The van der Waals surface area contributed by atoms with Crippen LogP contribution < -0.4 is 16.2 Å². The Morgan fingerprint density at radius 3 is 2.35 bits per heavy atom. The van der Waals surface area contributed by atoms with Gasteiger partial charge in [-0.05, 0) is 6.07 Å². The molecule has 9 heteroatoms. The van der Waals surface area contributed by atoms with Crippen molar-refractivity contribution in [3.05, 3.63) is 23.9 Å². The van der Waals surface area contributed by atoms with Gasteiger partial charge in [0.15, 0.2) is 0 Å². The molecular weight excluding hydrogens is 275 g/mol. The highest BCUT2D eigenvalue weighted by atomic mass is 19.4. The molecule has 0 aliphatic carbocycles. The smallest absolute Gasteiger partial charge is 0.422 e. The van der Waals surface area contributed by atoms with Crippen molar-refractivity contribution in [1.29, 1.82) is 0 Å². The standard InChI is InChI=1S/C11H10F3N5O/c1-20-6-3-2-5(4-17-6)8-7(11(12,13)14)9(15)19-10(16)18-8/h2-4H,1H3,(H4,15,16,18,19). The molecule has 0 saturated heterocycles. The Bertz CT molecular complexity index is 627.